The lowest BCUT2D eigenvalue weighted by Gasteiger charge is -2.27. The average Bonchev–Trinajstić information content (AvgIpc) is 3.20. The third-order valence-electron chi connectivity index (χ3n) is 4.25. The molecular formula is C17H21N3OS. The molecule has 0 radical (unpaired) electrons. The zero-order chi connectivity index (χ0) is 15.5. The van der Waals surface area contributed by atoms with Crippen LogP contribution in [0.3, 0.4) is 0 Å². The summed E-state index contributed by atoms with van der Waals surface area (Å²) in [6.45, 7) is 4.51. The van der Waals surface area contributed by atoms with E-state index in [2.05, 4.69) is 52.8 Å². The maximum Gasteiger partial charge on any atom is 0.274 e. The summed E-state index contributed by atoms with van der Waals surface area (Å²) in [7, 11) is 1.66. The summed E-state index contributed by atoms with van der Waals surface area (Å²) in [6, 6.07) is 6.84. The number of hydrogen-bond acceptors (Lipinski definition) is 4. The second-order valence-corrected chi connectivity index (χ2v) is 6.44. The molecule has 2 aromatic heterocycles. The first-order valence-corrected chi connectivity index (χ1v) is 8.50. The van der Waals surface area contributed by atoms with Crippen molar-refractivity contribution in [2.75, 3.05) is 7.11 Å². The molecule has 0 saturated carbocycles. The zero-order valence-electron chi connectivity index (χ0n) is 13.2. The van der Waals surface area contributed by atoms with Crippen LogP contribution in [-0.4, -0.2) is 21.6 Å². The molecule has 0 saturated heterocycles. The molecule has 3 rings (SSSR count). The first kappa shape index (κ1) is 15.0. The van der Waals surface area contributed by atoms with Crippen LogP contribution in [0.1, 0.15) is 38.3 Å². The third-order valence-corrected chi connectivity index (χ3v) is 5.23. The summed E-state index contributed by atoms with van der Waals surface area (Å²) in [5, 5.41) is 0.717. The minimum Gasteiger partial charge on any atom is -0.473 e. The van der Waals surface area contributed by atoms with E-state index in [-0.39, 0.29) is 0 Å². The summed E-state index contributed by atoms with van der Waals surface area (Å²) in [5.74, 6) is 0.585. The van der Waals surface area contributed by atoms with Gasteiger partial charge in [-0.05, 0) is 23.6 Å². The number of hydrogen-bond donors (Lipinski definition) is 0. The monoisotopic (exact) mass is 315 g/mol. The van der Waals surface area contributed by atoms with Crippen molar-refractivity contribution < 1.29 is 4.74 Å². The van der Waals surface area contributed by atoms with Gasteiger partial charge in [-0.1, -0.05) is 44.1 Å². The molecule has 2 heterocycles. The number of fused-ring (bicyclic) bond motifs is 1. The van der Waals surface area contributed by atoms with E-state index in [0.717, 1.165) is 18.4 Å². The minimum atomic E-state index is 0.315. The SMILES string of the molecule is CCC(CC)C(c1ccc2nc(OC)sc2c1)n1ccnc1. The van der Waals surface area contributed by atoms with Crippen molar-refractivity contribution in [2.24, 2.45) is 5.92 Å². The Morgan fingerprint density at radius 2 is 2.09 bits per heavy atom. The fourth-order valence-corrected chi connectivity index (χ4v) is 3.88. The van der Waals surface area contributed by atoms with Gasteiger partial charge in [0.05, 0.1) is 29.7 Å². The van der Waals surface area contributed by atoms with Crippen LogP contribution in [0, 0.1) is 5.92 Å². The number of imidazole rings is 1. The van der Waals surface area contributed by atoms with E-state index >= 15 is 0 Å². The number of rotatable bonds is 6. The first-order chi connectivity index (χ1) is 10.8. The van der Waals surface area contributed by atoms with Gasteiger partial charge in [-0.2, -0.15) is 0 Å². The molecule has 0 fully saturated rings. The first-order valence-electron chi connectivity index (χ1n) is 7.68. The van der Waals surface area contributed by atoms with E-state index in [9.17, 15) is 0 Å². The molecule has 0 aliphatic rings. The molecule has 0 bridgehead atoms. The van der Waals surface area contributed by atoms with Crippen LogP contribution in [0.15, 0.2) is 36.9 Å². The Morgan fingerprint density at radius 3 is 2.73 bits per heavy atom. The second-order valence-electron chi connectivity index (χ2n) is 5.44. The Balaban J connectivity index is 2.07. The molecule has 1 aromatic carbocycles. The van der Waals surface area contributed by atoms with Gasteiger partial charge in [0.25, 0.3) is 5.19 Å². The van der Waals surface area contributed by atoms with Crippen molar-refractivity contribution in [1.82, 2.24) is 14.5 Å². The Hall–Kier alpha value is -1.88. The molecule has 0 amide bonds. The maximum atomic E-state index is 5.25. The van der Waals surface area contributed by atoms with Gasteiger partial charge < -0.3 is 9.30 Å². The van der Waals surface area contributed by atoms with E-state index < -0.39 is 0 Å². The smallest absolute Gasteiger partial charge is 0.274 e. The van der Waals surface area contributed by atoms with Gasteiger partial charge >= 0.3 is 0 Å². The molecule has 0 aliphatic heterocycles. The molecule has 0 spiro atoms. The van der Waals surface area contributed by atoms with Crippen LogP contribution in [0.25, 0.3) is 10.2 Å². The van der Waals surface area contributed by atoms with Crippen molar-refractivity contribution in [3.63, 3.8) is 0 Å². The van der Waals surface area contributed by atoms with Crippen LogP contribution >= 0.6 is 11.3 Å². The minimum absolute atomic E-state index is 0.315. The van der Waals surface area contributed by atoms with Gasteiger partial charge in [-0.3, -0.25) is 0 Å². The molecule has 0 N–H and O–H groups in total. The van der Waals surface area contributed by atoms with E-state index in [4.69, 9.17) is 4.74 Å². The van der Waals surface area contributed by atoms with Crippen molar-refractivity contribution in [2.45, 2.75) is 32.7 Å². The fourth-order valence-electron chi connectivity index (χ4n) is 3.05. The van der Waals surface area contributed by atoms with Crippen molar-refractivity contribution in [3.8, 4) is 5.19 Å². The average molecular weight is 315 g/mol. The molecule has 3 aromatic rings. The highest BCUT2D eigenvalue weighted by molar-refractivity contribution is 7.20. The number of nitrogens with zero attached hydrogens (tertiary/aromatic N) is 3. The number of benzene rings is 1. The van der Waals surface area contributed by atoms with Crippen molar-refractivity contribution in [3.05, 3.63) is 42.5 Å². The van der Waals surface area contributed by atoms with Crippen LogP contribution in [-0.2, 0) is 0 Å². The maximum absolute atomic E-state index is 5.25. The van der Waals surface area contributed by atoms with Crippen LogP contribution in [0.2, 0.25) is 0 Å². The number of methoxy groups -OCH3 is 1. The lowest BCUT2D eigenvalue weighted by Crippen LogP contribution is -2.18. The van der Waals surface area contributed by atoms with Crippen molar-refractivity contribution >= 4 is 21.6 Å². The molecule has 22 heavy (non-hydrogen) atoms. The lowest BCUT2D eigenvalue weighted by molar-refractivity contribution is 0.355. The van der Waals surface area contributed by atoms with E-state index in [1.165, 1.54) is 10.3 Å². The van der Waals surface area contributed by atoms with E-state index in [1.807, 2.05) is 12.5 Å². The van der Waals surface area contributed by atoms with Gasteiger partial charge in [0.1, 0.15) is 0 Å². The predicted octanol–water partition coefficient (Wildman–Crippen LogP) is 4.53. The highest BCUT2D eigenvalue weighted by Crippen LogP contribution is 2.35. The largest absolute Gasteiger partial charge is 0.473 e. The topological polar surface area (TPSA) is 39.9 Å². The Kier molecular flexibility index (Phi) is 4.43. The van der Waals surface area contributed by atoms with Gasteiger partial charge in [0, 0.05) is 12.4 Å². The van der Waals surface area contributed by atoms with Crippen LogP contribution in [0.5, 0.6) is 5.19 Å². The van der Waals surface area contributed by atoms with E-state index in [1.54, 1.807) is 18.4 Å². The highest BCUT2D eigenvalue weighted by atomic mass is 32.1. The molecule has 0 aliphatic carbocycles. The summed E-state index contributed by atoms with van der Waals surface area (Å²) in [5.41, 5.74) is 2.31. The summed E-state index contributed by atoms with van der Waals surface area (Å²) in [4.78, 5) is 8.69. The summed E-state index contributed by atoms with van der Waals surface area (Å²) >= 11 is 1.59. The fraction of sp³-hybridized carbons (Fsp3) is 0.412. The Labute approximate surface area is 134 Å². The number of ether oxygens (including phenoxy) is 1. The highest BCUT2D eigenvalue weighted by Gasteiger charge is 2.22. The zero-order valence-corrected chi connectivity index (χ0v) is 14.0. The van der Waals surface area contributed by atoms with Crippen LogP contribution in [0.4, 0.5) is 0 Å². The Morgan fingerprint density at radius 1 is 1.27 bits per heavy atom. The summed E-state index contributed by atoms with van der Waals surface area (Å²) in [6.07, 6.45) is 8.11. The molecule has 116 valence electrons. The van der Waals surface area contributed by atoms with E-state index in [0.29, 0.717) is 17.2 Å². The number of thiazole rings is 1. The van der Waals surface area contributed by atoms with Crippen LogP contribution < -0.4 is 4.74 Å². The normalized spacial score (nSPS) is 12.9. The van der Waals surface area contributed by atoms with Crippen molar-refractivity contribution in [1.29, 1.82) is 0 Å². The molecule has 5 heteroatoms. The van der Waals surface area contributed by atoms with Gasteiger partial charge in [-0.25, -0.2) is 9.97 Å². The lowest BCUT2D eigenvalue weighted by atomic mass is 9.88. The van der Waals surface area contributed by atoms with Gasteiger partial charge in [0.15, 0.2) is 0 Å². The molecular weight excluding hydrogens is 294 g/mol. The molecule has 4 nitrogen and oxygen atoms in total. The quantitative estimate of drug-likeness (QED) is 0.671. The standard InChI is InChI=1S/C17H21N3OS/c1-4-12(5-2)16(20-9-8-18-11-20)13-6-7-14-15(10-13)22-17(19-14)21-3/h6-12,16H,4-5H2,1-3H3. The summed E-state index contributed by atoms with van der Waals surface area (Å²) < 4.78 is 8.64. The molecule has 1 atom stereocenters. The Bertz CT molecular complexity index is 732. The number of aromatic nitrogens is 3. The van der Waals surface area contributed by atoms with Gasteiger partial charge in [-0.15, -0.1) is 0 Å². The molecule has 1 unspecified atom stereocenters. The predicted molar refractivity (Wildman–Crippen MR) is 90.6 cm³/mol. The second kappa shape index (κ2) is 6.48. The third kappa shape index (κ3) is 2.73. The van der Waals surface area contributed by atoms with Gasteiger partial charge in [0.2, 0.25) is 0 Å².